The SMILES string of the molecule is CCN(CC)CC.CNCc1ccccc1. The molecular formula is C14H26N2. The summed E-state index contributed by atoms with van der Waals surface area (Å²) in [5, 5.41) is 3.08. The van der Waals surface area contributed by atoms with Crippen LogP contribution in [0.3, 0.4) is 0 Å². The minimum Gasteiger partial charge on any atom is -0.316 e. The van der Waals surface area contributed by atoms with Crippen LogP contribution in [0.2, 0.25) is 0 Å². The van der Waals surface area contributed by atoms with Crippen molar-refractivity contribution in [1.82, 2.24) is 10.2 Å². The summed E-state index contributed by atoms with van der Waals surface area (Å²) < 4.78 is 0. The Labute approximate surface area is 101 Å². The van der Waals surface area contributed by atoms with Gasteiger partial charge in [-0.1, -0.05) is 51.1 Å². The molecule has 0 saturated heterocycles. The van der Waals surface area contributed by atoms with Crippen molar-refractivity contribution >= 4 is 0 Å². The zero-order chi connectivity index (χ0) is 12.2. The fraction of sp³-hybridized carbons (Fsp3) is 0.571. The lowest BCUT2D eigenvalue weighted by molar-refractivity contribution is 0.321. The monoisotopic (exact) mass is 222 g/mol. The first kappa shape index (κ1) is 15.1. The zero-order valence-electron chi connectivity index (χ0n) is 11.2. The Balaban J connectivity index is 0.000000293. The normalized spacial score (nSPS) is 9.81. The summed E-state index contributed by atoms with van der Waals surface area (Å²) >= 11 is 0. The van der Waals surface area contributed by atoms with Gasteiger partial charge in [0.15, 0.2) is 0 Å². The zero-order valence-corrected chi connectivity index (χ0v) is 11.2. The molecule has 1 aromatic rings. The van der Waals surface area contributed by atoms with Crippen molar-refractivity contribution in [1.29, 1.82) is 0 Å². The molecule has 0 heterocycles. The van der Waals surface area contributed by atoms with Crippen molar-refractivity contribution in [3.63, 3.8) is 0 Å². The van der Waals surface area contributed by atoms with Crippen molar-refractivity contribution in [2.75, 3.05) is 26.7 Å². The third kappa shape index (κ3) is 7.43. The first-order chi connectivity index (χ1) is 7.78. The van der Waals surface area contributed by atoms with E-state index in [4.69, 9.17) is 0 Å². The third-order valence-corrected chi connectivity index (χ3v) is 2.57. The maximum Gasteiger partial charge on any atom is 0.0202 e. The Morgan fingerprint density at radius 2 is 1.44 bits per heavy atom. The molecule has 0 aliphatic rings. The van der Waals surface area contributed by atoms with Gasteiger partial charge < -0.3 is 10.2 Å². The summed E-state index contributed by atoms with van der Waals surface area (Å²) in [5.74, 6) is 0. The Morgan fingerprint density at radius 3 is 1.75 bits per heavy atom. The van der Waals surface area contributed by atoms with Crippen LogP contribution in [-0.2, 0) is 6.54 Å². The van der Waals surface area contributed by atoms with Gasteiger partial charge in [-0.2, -0.15) is 0 Å². The molecule has 0 radical (unpaired) electrons. The highest BCUT2D eigenvalue weighted by molar-refractivity contribution is 5.13. The maximum absolute atomic E-state index is 3.08. The quantitative estimate of drug-likeness (QED) is 0.824. The van der Waals surface area contributed by atoms with Gasteiger partial charge in [0, 0.05) is 6.54 Å². The van der Waals surface area contributed by atoms with Gasteiger partial charge >= 0.3 is 0 Å². The lowest BCUT2D eigenvalue weighted by Crippen LogP contribution is -2.21. The molecule has 0 unspecified atom stereocenters. The molecule has 1 rings (SSSR count). The molecule has 1 N–H and O–H groups in total. The van der Waals surface area contributed by atoms with E-state index in [0.29, 0.717) is 0 Å². The summed E-state index contributed by atoms with van der Waals surface area (Å²) in [5.41, 5.74) is 1.33. The molecule has 0 aliphatic heterocycles. The number of nitrogens with one attached hydrogen (secondary N) is 1. The van der Waals surface area contributed by atoms with Crippen molar-refractivity contribution < 1.29 is 0 Å². The van der Waals surface area contributed by atoms with E-state index in [0.717, 1.165) is 6.54 Å². The minimum absolute atomic E-state index is 0.959. The summed E-state index contributed by atoms with van der Waals surface area (Å²) in [4.78, 5) is 2.38. The number of hydrogen-bond donors (Lipinski definition) is 1. The van der Waals surface area contributed by atoms with Crippen LogP contribution in [0.1, 0.15) is 26.3 Å². The molecule has 0 atom stereocenters. The molecule has 16 heavy (non-hydrogen) atoms. The van der Waals surface area contributed by atoms with E-state index in [2.05, 4.69) is 43.1 Å². The molecule has 0 aliphatic carbocycles. The Morgan fingerprint density at radius 1 is 0.938 bits per heavy atom. The molecule has 0 spiro atoms. The van der Waals surface area contributed by atoms with Crippen LogP contribution in [0.5, 0.6) is 0 Å². The van der Waals surface area contributed by atoms with Crippen LogP contribution in [0.4, 0.5) is 0 Å². The molecule has 0 bridgehead atoms. The average Bonchev–Trinajstić information content (AvgIpc) is 2.34. The van der Waals surface area contributed by atoms with Crippen molar-refractivity contribution in [2.45, 2.75) is 27.3 Å². The van der Waals surface area contributed by atoms with Crippen LogP contribution >= 0.6 is 0 Å². The number of nitrogens with zero attached hydrogens (tertiary/aromatic N) is 1. The number of hydrogen-bond acceptors (Lipinski definition) is 2. The predicted octanol–water partition coefficient (Wildman–Crippen LogP) is 2.75. The number of rotatable bonds is 5. The van der Waals surface area contributed by atoms with Gasteiger partial charge in [0.2, 0.25) is 0 Å². The van der Waals surface area contributed by atoms with Crippen LogP contribution in [0.15, 0.2) is 30.3 Å². The molecule has 2 nitrogen and oxygen atoms in total. The fourth-order valence-corrected chi connectivity index (χ4v) is 1.47. The topological polar surface area (TPSA) is 15.3 Å². The van der Waals surface area contributed by atoms with E-state index in [1.54, 1.807) is 0 Å². The molecule has 0 amide bonds. The number of benzene rings is 1. The molecule has 92 valence electrons. The molecule has 0 fully saturated rings. The van der Waals surface area contributed by atoms with Gasteiger partial charge in [0.1, 0.15) is 0 Å². The van der Waals surface area contributed by atoms with E-state index in [1.807, 2.05) is 25.2 Å². The minimum atomic E-state index is 0.959. The highest BCUT2D eigenvalue weighted by atomic mass is 15.1. The predicted molar refractivity (Wildman–Crippen MR) is 72.7 cm³/mol. The van der Waals surface area contributed by atoms with Crippen LogP contribution in [0.25, 0.3) is 0 Å². The first-order valence-corrected chi connectivity index (χ1v) is 6.19. The van der Waals surface area contributed by atoms with Gasteiger partial charge in [-0.05, 0) is 32.2 Å². The van der Waals surface area contributed by atoms with Crippen LogP contribution in [-0.4, -0.2) is 31.6 Å². The van der Waals surface area contributed by atoms with E-state index in [-0.39, 0.29) is 0 Å². The fourth-order valence-electron chi connectivity index (χ4n) is 1.47. The Bertz CT molecular complexity index is 224. The molecule has 1 aromatic carbocycles. The van der Waals surface area contributed by atoms with Gasteiger partial charge in [0.25, 0.3) is 0 Å². The molecular weight excluding hydrogens is 196 g/mol. The standard InChI is InChI=1S/C8H11N.C6H15N/c1-9-7-8-5-3-2-4-6-8;1-4-7(5-2)6-3/h2-6,9H,7H2,1H3;4-6H2,1-3H3. The van der Waals surface area contributed by atoms with E-state index < -0.39 is 0 Å². The van der Waals surface area contributed by atoms with Crippen molar-refractivity contribution in [3.8, 4) is 0 Å². The summed E-state index contributed by atoms with van der Waals surface area (Å²) in [6, 6.07) is 10.3. The van der Waals surface area contributed by atoms with Gasteiger partial charge in [-0.3, -0.25) is 0 Å². The summed E-state index contributed by atoms with van der Waals surface area (Å²) in [7, 11) is 1.95. The highest BCUT2D eigenvalue weighted by Crippen LogP contribution is 1.95. The van der Waals surface area contributed by atoms with Gasteiger partial charge in [0.05, 0.1) is 0 Å². The summed E-state index contributed by atoms with van der Waals surface area (Å²) in [6.07, 6.45) is 0. The van der Waals surface area contributed by atoms with Crippen molar-refractivity contribution in [3.05, 3.63) is 35.9 Å². The van der Waals surface area contributed by atoms with Gasteiger partial charge in [-0.25, -0.2) is 0 Å². The van der Waals surface area contributed by atoms with E-state index in [9.17, 15) is 0 Å². The van der Waals surface area contributed by atoms with Gasteiger partial charge in [-0.15, -0.1) is 0 Å². The first-order valence-electron chi connectivity index (χ1n) is 6.19. The molecule has 0 saturated carbocycles. The van der Waals surface area contributed by atoms with E-state index in [1.165, 1.54) is 25.2 Å². The highest BCUT2D eigenvalue weighted by Gasteiger charge is 1.89. The Hall–Kier alpha value is -0.860. The second-order valence-electron chi connectivity index (χ2n) is 3.64. The lowest BCUT2D eigenvalue weighted by atomic mass is 10.2. The van der Waals surface area contributed by atoms with Crippen molar-refractivity contribution in [2.24, 2.45) is 0 Å². The second kappa shape index (κ2) is 10.7. The Kier molecular flexibility index (Phi) is 10.1. The van der Waals surface area contributed by atoms with Crippen LogP contribution < -0.4 is 5.32 Å². The van der Waals surface area contributed by atoms with Crippen LogP contribution in [0, 0.1) is 0 Å². The maximum atomic E-state index is 3.08. The summed E-state index contributed by atoms with van der Waals surface area (Å²) in [6.45, 7) is 11.1. The molecule has 0 aromatic heterocycles. The third-order valence-electron chi connectivity index (χ3n) is 2.57. The smallest absolute Gasteiger partial charge is 0.0202 e. The average molecular weight is 222 g/mol. The lowest BCUT2D eigenvalue weighted by Gasteiger charge is -2.13. The van der Waals surface area contributed by atoms with E-state index >= 15 is 0 Å². The largest absolute Gasteiger partial charge is 0.316 e. The molecule has 2 heteroatoms. The second-order valence-corrected chi connectivity index (χ2v) is 3.64.